The minimum absolute atomic E-state index is 0.418. The van der Waals surface area contributed by atoms with Gasteiger partial charge in [-0.1, -0.05) is 6.92 Å². The van der Waals surface area contributed by atoms with Crippen molar-refractivity contribution in [1.29, 1.82) is 0 Å². The van der Waals surface area contributed by atoms with E-state index in [1.165, 1.54) is 0 Å². The lowest BCUT2D eigenvalue weighted by molar-refractivity contribution is 0.142. The summed E-state index contributed by atoms with van der Waals surface area (Å²) in [5.41, 5.74) is 0. The predicted octanol–water partition coefficient (Wildman–Crippen LogP) is 2.28. The van der Waals surface area contributed by atoms with Gasteiger partial charge in [0.05, 0.1) is 6.61 Å². The maximum absolute atomic E-state index is 5.27. The van der Waals surface area contributed by atoms with Crippen molar-refractivity contribution in [1.82, 2.24) is 0 Å². The van der Waals surface area contributed by atoms with Crippen molar-refractivity contribution in [2.45, 2.75) is 39.7 Å². The largest absolute Gasteiger partial charge is 0.381 e. The zero-order valence-corrected chi connectivity index (χ0v) is 7.84. The zero-order chi connectivity index (χ0) is 8.53. The topological polar surface area (TPSA) is 21.6 Å². The van der Waals surface area contributed by atoms with Crippen LogP contribution in [0.25, 0.3) is 0 Å². The monoisotopic (exact) mass is 157 g/mol. The zero-order valence-electron chi connectivity index (χ0n) is 7.84. The highest BCUT2D eigenvalue weighted by Gasteiger charge is 1.85. The lowest BCUT2D eigenvalue weighted by Crippen LogP contribution is -1.97. The van der Waals surface area contributed by atoms with Gasteiger partial charge in [0.1, 0.15) is 0 Å². The van der Waals surface area contributed by atoms with E-state index in [-0.39, 0.29) is 0 Å². The lowest BCUT2D eigenvalue weighted by Gasteiger charge is -1.98. The molecule has 0 radical (unpaired) electrons. The SMILES string of the molecule is CCCOCCC=NC(C)C. The molecule has 0 saturated heterocycles. The highest BCUT2D eigenvalue weighted by Crippen LogP contribution is 1.86. The standard InChI is InChI=1S/C9H19NO/c1-4-7-11-8-5-6-10-9(2)3/h6,9H,4-5,7-8H2,1-3H3. The summed E-state index contributed by atoms with van der Waals surface area (Å²) in [5, 5.41) is 0. The van der Waals surface area contributed by atoms with E-state index in [9.17, 15) is 0 Å². The summed E-state index contributed by atoms with van der Waals surface area (Å²) >= 11 is 0. The fraction of sp³-hybridized carbons (Fsp3) is 0.889. The molecule has 0 rings (SSSR count). The summed E-state index contributed by atoms with van der Waals surface area (Å²) in [6.07, 6.45) is 3.99. The van der Waals surface area contributed by atoms with Crippen LogP contribution in [0.3, 0.4) is 0 Å². The third-order valence-corrected chi connectivity index (χ3v) is 1.14. The molecule has 0 amide bonds. The second kappa shape index (κ2) is 7.73. The number of aliphatic imine (C=N–C) groups is 1. The van der Waals surface area contributed by atoms with E-state index in [2.05, 4.69) is 25.8 Å². The van der Waals surface area contributed by atoms with E-state index in [0.29, 0.717) is 6.04 Å². The first kappa shape index (κ1) is 10.6. The van der Waals surface area contributed by atoms with E-state index in [4.69, 9.17) is 4.74 Å². The molecule has 0 spiro atoms. The molecule has 0 aliphatic heterocycles. The molecule has 2 nitrogen and oxygen atoms in total. The second-order valence-electron chi connectivity index (χ2n) is 2.83. The molecule has 2 heteroatoms. The lowest BCUT2D eigenvalue weighted by atomic mass is 10.4. The van der Waals surface area contributed by atoms with Gasteiger partial charge in [0.15, 0.2) is 0 Å². The molecule has 0 aliphatic carbocycles. The number of ether oxygens (including phenoxy) is 1. The molecule has 0 aromatic heterocycles. The van der Waals surface area contributed by atoms with Gasteiger partial charge in [-0.2, -0.15) is 0 Å². The molecule has 0 saturated carbocycles. The van der Waals surface area contributed by atoms with Crippen LogP contribution in [0.4, 0.5) is 0 Å². The molecule has 0 N–H and O–H groups in total. The van der Waals surface area contributed by atoms with Crippen LogP contribution in [0.1, 0.15) is 33.6 Å². The third-order valence-electron chi connectivity index (χ3n) is 1.14. The number of hydrogen-bond acceptors (Lipinski definition) is 2. The van der Waals surface area contributed by atoms with Gasteiger partial charge in [0.25, 0.3) is 0 Å². The minimum atomic E-state index is 0.418. The van der Waals surface area contributed by atoms with Crippen molar-refractivity contribution in [3.05, 3.63) is 0 Å². The van der Waals surface area contributed by atoms with Crippen LogP contribution in [0.15, 0.2) is 4.99 Å². The quantitative estimate of drug-likeness (QED) is 0.428. The highest BCUT2D eigenvalue weighted by molar-refractivity contribution is 5.57. The average molecular weight is 157 g/mol. The van der Waals surface area contributed by atoms with Gasteiger partial charge in [0, 0.05) is 25.3 Å². The van der Waals surface area contributed by atoms with Crippen molar-refractivity contribution < 1.29 is 4.74 Å². The van der Waals surface area contributed by atoms with E-state index in [0.717, 1.165) is 26.1 Å². The Labute approximate surface area is 69.7 Å². The van der Waals surface area contributed by atoms with Crippen LogP contribution >= 0.6 is 0 Å². The second-order valence-corrected chi connectivity index (χ2v) is 2.83. The number of hydrogen-bond donors (Lipinski definition) is 0. The summed E-state index contributed by atoms with van der Waals surface area (Å²) < 4.78 is 5.27. The molecule has 0 aromatic rings. The van der Waals surface area contributed by atoms with Crippen molar-refractivity contribution in [3.63, 3.8) is 0 Å². The Morgan fingerprint density at radius 2 is 2.09 bits per heavy atom. The minimum Gasteiger partial charge on any atom is -0.381 e. The average Bonchev–Trinajstić information content (AvgIpc) is 1.96. The Morgan fingerprint density at radius 3 is 2.64 bits per heavy atom. The van der Waals surface area contributed by atoms with Crippen molar-refractivity contribution in [2.24, 2.45) is 4.99 Å². The molecule has 0 aromatic carbocycles. The molecule has 0 heterocycles. The van der Waals surface area contributed by atoms with Crippen LogP contribution in [0, 0.1) is 0 Å². The molecular formula is C9H19NO. The molecule has 0 bridgehead atoms. The molecule has 0 aliphatic rings. The van der Waals surface area contributed by atoms with Crippen LogP contribution in [0.2, 0.25) is 0 Å². The highest BCUT2D eigenvalue weighted by atomic mass is 16.5. The van der Waals surface area contributed by atoms with Crippen LogP contribution < -0.4 is 0 Å². The van der Waals surface area contributed by atoms with E-state index in [1.54, 1.807) is 0 Å². The Kier molecular flexibility index (Phi) is 7.47. The Morgan fingerprint density at radius 1 is 1.36 bits per heavy atom. The summed E-state index contributed by atoms with van der Waals surface area (Å²) in [5.74, 6) is 0. The maximum atomic E-state index is 5.27. The first-order valence-corrected chi connectivity index (χ1v) is 4.36. The van der Waals surface area contributed by atoms with E-state index in [1.807, 2.05) is 6.21 Å². The number of rotatable bonds is 6. The summed E-state index contributed by atoms with van der Waals surface area (Å²) in [4.78, 5) is 4.22. The van der Waals surface area contributed by atoms with Gasteiger partial charge >= 0.3 is 0 Å². The summed E-state index contributed by atoms with van der Waals surface area (Å²) in [6, 6.07) is 0.418. The molecule has 66 valence electrons. The van der Waals surface area contributed by atoms with E-state index < -0.39 is 0 Å². The third kappa shape index (κ3) is 9.63. The maximum Gasteiger partial charge on any atom is 0.0515 e. The van der Waals surface area contributed by atoms with Crippen LogP contribution in [0.5, 0.6) is 0 Å². The molecule has 0 unspecified atom stereocenters. The summed E-state index contributed by atoms with van der Waals surface area (Å²) in [6.45, 7) is 7.94. The molecular weight excluding hydrogens is 138 g/mol. The van der Waals surface area contributed by atoms with Crippen molar-refractivity contribution in [2.75, 3.05) is 13.2 Å². The summed E-state index contributed by atoms with van der Waals surface area (Å²) in [7, 11) is 0. The fourth-order valence-corrected chi connectivity index (χ4v) is 0.668. The Hall–Kier alpha value is -0.370. The Bertz CT molecular complexity index is 99.7. The van der Waals surface area contributed by atoms with Gasteiger partial charge < -0.3 is 4.74 Å². The van der Waals surface area contributed by atoms with Gasteiger partial charge in [-0.25, -0.2) is 0 Å². The van der Waals surface area contributed by atoms with Crippen molar-refractivity contribution >= 4 is 6.21 Å². The molecule has 0 atom stereocenters. The molecule has 11 heavy (non-hydrogen) atoms. The van der Waals surface area contributed by atoms with Crippen molar-refractivity contribution in [3.8, 4) is 0 Å². The molecule has 0 fully saturated rings. The normalized spacial score (nSPS) is 11.6. The smallest absolute Gasteiger partial charge is 0.0515 e. The predicted molar refractivity (Wildman–Crippen MR) is 49.4 cm³/mol. The Balaban J connectivity index is 3.01. The first-order chi connectivity index (χ1) is 5.27. The van der Waals surface area contributed by atoms with Crippen LogP contribution in [-0.2, 0) is 4.74 Å². The fourth-order valence-electron chi connectivity index (χ4n) is 0.668. The number of nitrogens with zero attached hydrogens (tertiary/aromatic N) is 1. The van der Waals surface area contributed by atoms with Gasteiger partial charge in [-0.15, -0.1) is 0 Å². The van der Waals surface area contributed by atoms with E-state index >= 15 is 0 Å². The van der Waals surface area contributed by atoms with Gasteiger partial charge in [-0.05, 0) is 20.3 Å². The first-order valence-electron chi connectivity index (χ1n) is 4.36. The van der Waals surface area contributed by atoms with Gasteiger partial charge in [-0.3, -0.25) is 4.99 Å². The van der Waals surface area contributed by atoms with Crippen LogP contribution in [-0.4, -0.2) is 25.5 Å². The van der Waals surface area contributed by atoms with Gasteiger partial charge in [0.2, 0.25) is 0 Å².